The molecule has 0 aromatic heterocycles. The molecule has 0 heterocycles. The van der Waals surface area contributed by atoms with E-state index in [4.69, 9.17) is 0 Å². The topological polar surface area (TPSA) is 49.3 Å². The summed E-state index contributed by atoms with van der Waals surface area (Å²) in [4.78, 5) is 12.0. The Labute approximate surface area is 126 Å². The van der Waals surface area contributed by atoms with E-state index in [2.05, 4.69) is 21.2 Å². The molecule has 104 valence electrons. The number of anilines is 1. The molecule has 2 aromatic rings. The number of aromatic hydroxyl groups is 1. The van der Waals surface area contributed by atoms with Gasteiger partial charge < -0.3 is 10.4 Å². The van der Waals surface area contributed by atoms with E-state index in [-0.39, 0.29) is 18.1 Å². The molecular formula is C16H16BrNO2. The largest absolute Gasteiger partial charge is 0.508 e. The molecule has 0 aliphatic rings. The number of hydrogen-bond acceptors (Lipinski definition) is 2. The average molecular weight is 334 g/mol. The van der Waals surface area contributed by atoms with Crippen molar-refractivity contribution in [3.63, 3.8) is 0 Å². The molecule has 2 aromatic carbocycles. The molecule has 1 amide bonds. The number of hydrogen-bond donors (Lipinski definition) is 2. The Hall–Kier alpha value is -1.81. The van der Waals surface area contributed by atoms with Crippen LogP contribution in [0, 0.1) is 13.8 Å². The molecule has 0 unspecified atom stereocenters. The number of rotatable bonds is 3. The number of amides is 1. The molecule has 20 heavy (non-hydrogen) atoms. The van der Waals surface area contributed by atoms with Gasteiger partial charge in [-0.3, -0.25) is 4.79 Å². The fourth-order valence-corrected chi connectivity index (χ4v) is 2.30. The highest BCUT2D eigenvalue weighted by Crippen LogP contribution is 2.25. The monoisotopic (exact) mass is 333 g/mol. The summed E-state index contributed by atoms with van der Waals surface area (Å²) < 4.78 is 1.06. The molecule has 0 spiro atoms. The summed E-state index contributed by atoms with van der Waals surface area (Å²) in [5.41, 5.74) is 3.73. The molecule has 0 atom stereocenters. The Morgan fingerprint density at radius 1 is 1.20 bits per heavy atom. The average Bonchev–Trinajstić information content (AvgIpc) is 2.35. The number of benzene rings is 2. The Morgan fingerprint density at radius 2 is 1.85 bits per heavy atom. The van der Waals surface area contributed by atoms with Crippen molar-refractivity contribution in [2.75, 3.05) is 5.32 Å². The van der Waals surface area contributed by atoms with E-state index in [9.17, 15) is 9.90 Å². The van der Waals surface area contributed by atoms with Crippen molar-refractivity contribution in [3.05, 3.63) is 57.6 Å². The van der Waals surface area contributed by atoms with Crippen LogP contribution in [0.2, 0.25) is 0 Å². The van der Waals surface area contributed by atoms with Gasteiger partial charge in [-0.25, -0.2) is 0 Å². The molecule has 0 radical (unpaired) electrons. The smallest absolute Gasteiger partial charge is 0.228 e. The number of phenols is 1. The van der Waals surface area contributed by atoms with Gasteiger partial charge in [-0.05, 0) is 54.8 Å². The van der Waals surface area contributed by atoms with Crippen molar-refractivity contribution >= 4 is 27.5 Å². The predicted molar refractivity (Wildman–Crippen MR) is 84.1 cm³/mol. The molecule has 2 rings (SSSR count). The predicted octanol–water partition coefficient (Wildman–Crippen LogP) is 3.95. The molecule has 3 nitrogen and oxygen atoms in total. The number of halogens is 1. The van der Waals surface area contributed by atoms with Gasteiger partial charge in [-0.1, -0.05) is 28.1 Å². The lowest BCUT2D eigenvalue weighted by Crippen LogP contribution is -2.14. The van der Waals surface area contributed by atoms with E-state index in [1.807, 2.05) is 32.0 Å². The summed E-state index contributed by atoms with van der Waals surface area (Å²) in [6.45, 7) is 3.98. The SMILES string of the molecule is Cc1cc(NC(=O)Cc2cccc(O)c2)cc(C)c1Br. The Bertz CT molecular complexity index is 630. The highest BCUT2D eigenvalue weighted by atomic mass is 79.9. The van der Waals surface area contributed by atoms with E-state index < -0.39 is 0 Å². The molecule has 2 N–H and O–H groups in total. The van der Waals surface area contributed by atoms with Gasteiger partial charge in [-0.15, -0.1) is 0 Å². The van der Waals surface area contributed by atoms with Crippen LogP contribution in [0.5, 0.6) is 5.75 Å². The van der Waals surface area contributed by atoms with E-state index in [1.54, 1.807) is 18.2 Å². The quantitative estimate of drug-likeness (QED) is 0.893. The summed E-state index contributed by atoms with van der Waals surface area (Å²) in [6, 6.07) is 10.6. The van der Waals surface area contributed by atoms with Crippen molar-refractivity contribution in [2.24, 2.45) is 0 Å². The first-order valence-electron chi connectivity index (χ1n) is 6.30. The van der Waals surface area contributed by atoms with Crippen LogP contribution in [0.1, 0.15) is 16.7 Å². The Balaban J connectivity index is 2.09. The van der Waals surface area contributed by atoms with Crippen LogP contribution in [0.15, 0.2) is 40.9 Å². The fourth-order valence-electron chi connectivity index (χ4n) is 2.08. The summed E-state index contributed by atoms with van der Waals surface area (Å²) in [5, 5.41) is 12.3. The van der Waals surface area contributed by atoms with Crippen LogP contribution in [0.4, 0.5) is 5.69 Å². The van der Waals surface area contributed by atoms with E-state index in [0.29, 0.717) is 0 Å². The molecule has 0 saturated heterocycles. The van der Waals surface area contributed by atoms with Crippen LogP contribution in [-0.2, 0) is 11.2 Å². The first-order valence-corrected chi connectivity index (χ1v) is 7.09. The van der Waals surface area contributed by atoms with Gasteiger partial charge in [0.1, 0.15) is 5.75 Å². The molecule has 0 bridgehead atoms. The first-order chi connectivity index (χ1) is 9.45. The van der Waals surface area contributed by atoms with E-state index >= 15 is 0 Å². The van der Waals surface area contributed by atoms with Gasteiger partial charge in [0.05, 0.1) is 6.42 Å². The zero-order valence-corrected chi connectivity index (χ0v) is 13.0. The Morgan fingerprint density at radius 3 is 2.45 bits per heavy atom. The van der Waals surface area contributed by atoms with Crippen LogP contribution in [0.3, 0.4) is 0 Å². The van der Waals surface area contributed by atoms with Crippen LogP contribution < -0.4 is 5.32 Å². The van der Waals surface area contributed by atoms with Crippen LogP contribution in [0.25, 0.3) is 0 Å². The Kier molecular flexibility index (Phi) is 4.45. The third-order valence-corrected chi connectivity index (χ3v) is 4.25. The van der Waals surface area contributed by atoms with Gasteiger partial charge in [-0.2, -0.15) is 0 Å². The second-order valence-corrected chi connectivity index (χ2v) is 5.61. The third-order valence-electron chi connectivity index (χ3n) is 3.00. The van der Waals surface area contributed by atoms with Crippen molar-refractivity contribution in [3.8, 4) is 5.75 Å². The number of phenolic OH excluding ortho intramolecular Hbond substituents is 1. The standard InChI is InChI=1S/C16H16BrNO2/c1-10-6-13(7-11(2)16(10)17)18-15(20)9-12-4-3-5-14(19)8-12/h3-8,19H,9H2,1-2H3,(H,18,20). The summed E-state index contributed by atoms with van der Waals surface area (Å²) >= 11 is 3.50. The van der Waals surface area contributed by atoms with Crippen molar-refractivity contribution in [1.82, 2.24) is 0 Å². The minimum atomic E-state index is -0.100. The van der Waals surface area contributed by atoms with Gasteiger partial charge in [0.25, 0.3) is 0 Å². The second kappa shape index (κ2) is 6.09. The summed E-state index contributed by atoms with van der Waals surface area (Å²) in [7, 11) is 0. The maximum Gasteiger partial charge on any atom is 0.228 e. The molecule has 0 aliphatic heterocycles. The van der Waals surface area contributed by atoms with Crippen molar-refractivity contribution in [2.45, 2.75) is 20.3 Å². The number of aryl methyl sites for hydroxylation is 2. The lowest BCUT2D eigenvalue weighted by Gasteiger charge is -2.10. The van der Waals surface area contributed by atoms with Gasteiger partial charge in [0.15, 0.2) is 0 Å². The van der Waals surface area contributed by atoms with Gasteiger partial charge >= 0.3 is 0 Å². The molecule has 0 aliphatic carbocycles. The highest BCUT2D eigenvalue weighted by molar-refractivity contribution is 9.10. The molecule has 0 saturated carbocycles. The summed E-state index contributed by atoms with van der Waals surface area (Å²) in [6.07, 6.45) is 0.239. The lowest BCUT2D eigenvalue weighted by molar-refractivity contribution is -0.115. The molecule has 4 heteroatoms. The highest BCUT2D eigenvalue weighted by Gasteiger charge is 2.07. The second-order valence-electron chi connectivity index (χ2n) is 4.82. The first kappa shape index (κ1) is 14.6. The van der Waals surface area contributed by atoms with E-state index in [0.717, 1.165) is 26.9 Å². The van der Waals surface area contributed by atoms with E-state index in [1.165, 1.54) is 0 Å². The number of carbonyl (C=O) groups is 1. The lowest BCUT2D eigenvalue weighted by atomic mass is 10.1. The molecular weight excluding hydrogens is 318 g/mol. The van der Waals surface area contributed by atoms with Gasteiger partial charge in [0, 0.05) is 10.2 Å². The minimum Gasteiger partial charge on any atom is -0.508 e. The summed E-state index contributed by atoms with van der Waals surface area (Å²) in [5.74, 6) is 0.0716. The maximum absolute atomic E-state index is 12.0. The molecule has 0 fully saturated rings. The third kappa shape index (κ3) is 3.61. The fraction of sp³-hybridized carbons (Fsp3) is 0.188. The van der Waals surface area contributed by atoms with Gasteiger partial charge in [0.2, 0.25) is 5.91 Å². The number of carbonyl (C=O) groups excluding carboxylic acids is 1. The zero-order chi connectivity index (χ0) is 14.7. The number of nitrogens with one attached hydrogen (secondary N) is 1. The van der Waals surface area contributed by atoms with Crippen molar-refractivity contribution < 1.29 is 9.90 Å². The van der Waals surface area contributed by atoms with Crippen molar-refractivity contribution in [1.29, 1.82) is 0 Å². The van der Waals surface area contributed by atoms with Crippen LogP contribution >= 0.6 is 15.9 Å². The minimum absolute atomic E-state index is 0.100. The normalized spacial score (nSPS) is 10.3. The van der Waals surface area contributed by atoms with Crippen LogP contribution in [-0.4, -0.2) is 11.0 Å². The maximum atomic E-state index is 12.0. The zero-order valence-electron chi connectivity index (χ0n) is 11.4.